The lowest BCUT2D eigenvalue weighted by atomic mass is 10.0. The molecule has 0 unspecified atom stereocenters. The molecule has 2 aliphatic rings. The number of rotatable bonds is 5. The van der Waals surface area contributed by atoms with Gasteiger partial charge < -0.3 is 14.1 Å². The fourth-order valence-electron chi connectivity index (χ4n) is 3.84. The Labute approximate surface area is 143 Å². The number of amides is 1. The van der Waals surface area contributed by atoms with Crippen LogP contribution >= 0.6 is 0 Å². The van der Waals surface area contributed by atoms with Gasteiger partial charge >= 0.3 is 5.63 Å². The number of aryl methyl sites for hydroxylation is 1. The summed E-state index contributed by atoms with van der Waals surface area (Å²) in [7, 11) is 0. The van der Waals surface area contributed by atoms with Crippen LogP contribution in [0.5, 0.6) is 5.75 Å². The van der Waals surface area contributed by atoms with E-state index in [0.29, 0.717) is 17.9 Å². The summed E-state index contributed by atoms with van der Waals surface area (Å²) in [5.74, 6) is 2.17. The summed E-state index contributed by atoms with van der Waals surface area (Å²) in [5, 5.41) is 0. The Hall–Kier alpha value is -1.78. The smallest absolute Gasteiger partial charge is 0.339 e. The summed E-state index contributed by atoms with van der Waals surface area (Å²) in [6, 6.07) is 3.12. The summed E-state index contributed by atoms with van der Waals surface area (Å²) in [6.07, 6.45) is 8.69. The molecule has 5 nitrogen and oxygen atoms in total. The second-order valence-electron chi connectivity index (χ2n) is 7.11. The lowest BCUT2D eigenvalue weighted by Crippen LogP contribution is -2.41. The van der Waals surface area contributed by atoms with Crippen molar-refractivity contribution in [2.75, 3.05) is 13.1 Å². The number of piperidine rings is 1. The second kappa shape index (κ2) is 7.86. The molecule has 1 saturated heterocycles. The Balaban J connectivity index is 1.43. The van der Waals surface area contributed by atoms with Crippen LogP contribution in [0.25, 0.3) is 0 Å². The van der Waals surface area contributed by atoms with E-state index in [1.54, 1.807) is 13.0 Å². The first kappa shape index (κ1) is 17.1. The van der Waals surface area contributed by atoms with Crippen LogP contribution in [0.3, 0.4) is 0 Å². The van der Waals surface area contributed by atoms with Crippen molar-refractivity contribution >= 4 is 5.91 Å². The van der Waals surface area contributed by atoms with Gasteiger partial charge in [0.2, 0.25) is 5.91 Å². The molecule has 2 heterocycles. The Morgan fingerprint density at radius 1 is 1.21 bits per heavy atom. The van der Waals surface area contributed by atoms with Gasteiger partial charge in [-0.25, -0.2) is 4.79 Å². The van der Waals surface area contributed by atoms with E-state index < -0.39 is 0 Å². The third-order valence-corrected chi connectivity index (χ3v) is 5.21. The largest absolute Gasteiger partial charge is 0.490 e. The molecule has 132 valence electrons. The fourth-order valence-corrected chi connectivity index (χ4v) is 3.84. The molecule has 0 aromatic carbocycles. The van der Waals surface area contributed by atoms with Gasteiger partial charge in [0.15, 0.2) is 0 Å². The number of carbonyl (C=O) groups is 1. The first-order chi connectivity index (χ1) is 11.6. The molecule has 1 aromatic heterocycles. The molecule has 0 spiro atoms. The second-order valence-corrected chi connectivity index (χ2v) is 7.11. The average Bonchev–Trinajstić information content (AvgIpc) is 3.06. The van der Waals surface area contributed by atoms with Crippen LogP contribution in [-0.2, 0) is 4.79 Å². The third-order valence-electron chi connectivity index (χ3n) is 5.21. The quantitative estimate of drug-likeness (QED) is 0.829. The Bertz CT molecular complexity index is 610. The van der Waals surface area contributed by atoms with E-state index in [1.165, 1.54) is 31.7 Å². The van der Waals surface area contributed by atoms with Crippen LogP contribution in [-0.4, -0.2) is 30.0 Å². The highest BCUT2D eigenvalue weighted by molar-refractivity contribution is 5.76. The van der Waals surface area contributed by atoms with E-state index in [1.807, 2.05) is 4.90 Å². The van der Waals surface area contributed by atoms with Crippen molar-refractivity contribution in [2.45, 2.75) is 64.4 Å². The third kappa shape index (κ3) is 4.62. The number of carbonyl (C=O) groups excluding carboxylic acids is 1. The lowest BCUT2D eigenvalue weighted by molar-refractivity contribution is -0.133. The van der Waals surface area contributed by atoms with Gasteiger partial charge in [0, 0.05) is 38.4 Å². The van der Waals surface area contributed by atoms with Gasteiger partial charge in [-0.3, -0.25) is 4.79 Å². The number of hydrogen-bond donors (Lipinski definition) is 0. The number of ether oxygens (including phenoxy) is 1. The van der Waals surface area contributed by atoms with Crippen molar-refractivity contribution in [1.29, 1.82) is 0 Å². The standard InChI is InChI=1S/C19H27NO4/c1-14-12-17(13-19(22)23-14)24-16-8-10-20(11-9-16)18(21)7-6-15-4-2-3-5-15/h12-13,15-16H,2-11H2,1H3. The first-order valence-electron chi connectivity index (χ1n) is 9.16. The van der Waals surface area contributed by atoms with E-state index in [9.17, 15) is 9.59 Å². The van der Waals surface area contributed by atoms with Crippen molar-refractivity contribution in [3.63, 3.8) is 0 Å². The summed E-state index contributed by atoms with van der Waals surface area (Å²) in [5.41, 5.74) is -0.385. The number of hydrogen-bond acceptors (Lipinski definition) is 4. The molecule has 3 rings (SSSR count). The van der Waals surface area contributed by atoms with Gasteiger partial charge in [0.1, 0.15) is 17.6 Å². The first-order valence-corrected chi connectivity index (χ1v) is 9.16. The SMILES string of the molecule is Cc1cc(OC2CCN(C(=O)CCC3CCCC3)CC2)cc(=O)o1. The zero-order chi connectivity index (χ0) is 16.9. The van der Waals surface area contributed by atoms with Gasteiger partial charge in [0.05, 0.1) is 6.07 Å². The number of likely N-dealkylation sites (tertiary alicyclic amines) is 1. The van der Waals surface area contributed by atoms with Crippen LogP contribution in [0.2, 0.25) is 0 Å². The molecule has 0 bridgehead atoms. The molecule has 1 aromatic rings. The topological polar surface area (TPSA) is 59.8 Å². The Morgan fingerprint density at radius 3 is 2.58 bits per heavy atom. The highest BCUT2D eigenvalue weighted by atomic mass is 16.5. The molecule has 1 aliphatic carbocycles. The molecule has 0 atom stereocenters. The minimum Gasteiger partial charge on any atom is -0.490 e. The van der Waals surface area contributed by atoms with Gasteiger partial charge in [-0.05, 0) is 19.3 Å². The lowest BCUT2D eigenvalue weighted by Gasteiger charge is -2.32. The van der Waals surface area contributed by atoms with Crippen molar-refractivity contribution in [3.8, 4) is 5.75 Å². The molecule has 0 N–H and O–H groups in total. The minimum absolute atomic E-state index is 0.0603. The molecule has 5 heteroatoms. The maximum Gasteiger partial charge on any atom is 0.339 e. The molecule has 24 heavy (non-hydrogen) atoms. The highest BCUT2D eigenvalue weighted by Crippen LogP contribution is 2.29. The van der Waals surface area contributed by atoms with E-state index >= 15 is 0 Å². The minimum atomic E-state index is -0.385. The number of nitrogens with zero attached hydrogens (tertiary/aromatic N) is 1. The van der Waals surface area contributed by atoms with Crippen LogP contribution in [0, 0.1) is 12.8 Å². The van der Waals surface area contributed by atoms with Crippen LogP contribution in [0.1, 0.15) is 57.1 Å². The predicted octanol–water partition coefficient (Wildman–Crippen LogP) is 3.29. The zero-order valence-electron chi connectivity index (χ0n) is 14.5. The normalized spacial score (nSPS) is 19.6. The van der Waals surface area contributed by atoms with Crippen LogP contribution in [0.15, 0.2) is 21.3 Å². The van der Waals surface area contributed by atoms with Crippen LogP contribution < -0.4 is 10.4 Å². The van der Waals surface area contributed by atoms with E-state index in [4.69, 9.17) is 9.15 Å². The molecular formula is C19H27NO4. The van der Waals surface area contributed by atoms with Crippen LogP contribution in [0.4, 0.5) is 0 Å². The van der Waals surface area contributed by atoms with Crippen molar-refractivity contribution in [1.82, 2.24) is 4.90 Å². The van der Waals surface area contributed by atoms with Crippen molar-refractivity contribution in [3.05, 3.63) is 28.3 Å². The summed E-state index contributed by atoms with van der Waals surface area (Å²) >= 11 is 0. The maximum absolute atomic E-state index is 12.3. The predicted molar refractivity (Wildman–Crippen MR) is 91.1 cm³/mol. The van der Waals surface area contributed by atoms with Crippen molar-refractivity contribution in [2.24, 2.45) is 5.92 Å². The Kier molecular flexibility index (Phi) is 5.59. The van der Waals surface area contributed by atoms with Gasteiger partial charge in [0.25, 0.3) is 0 Å². The van der Waals surface area contributed by atoms with Gasteiger partial charge in [-0.15, -0.1) is 0 Å². The zero-order valence-corrected chi connectivity index (χ0v) is 14.5. The summed E-state index contributed by atoms with van der Waals surface area (Å²) in [6.45, 7) is 3.23. The molecular weight excluding hydrogens is 306 g/mol. The highest BCUT2D eigenvalue weighted by Gasteiger charge is 2.25. The van der Waals surface area contributed by atoms with E-state index in [0.717, 1.165) is 38.3 Å². The molecule has 1 amide bonds. The average molecular weight is 333 g/mol. The molecule has 1 aliphatic heterocycles. The molecule has 1 saturated carbocycles. The summed E-state index contributed by atoms with van der Waals surface area (Å²) < 4.78 is 10.8. The maximum atomic E-state index is 12.3. The monoisotopic (exact) mass is 333 g/mol. The fraction of sp³-hybridized carbons (Fsp3) is 0.684. The van der Waals surface area contributed by atoms with E-state index in [2.05, 4.69) is 0 Å². The molecule has 0 radical (unpaired) electrons. The van der Waals surface area contributed by atoms with Crippen molar-refractivity contribution < 1.29 is 13.9 Å². The van der Waals surface area contributed by atoms with Gasteiger partial charge in [-0.1, -0.05) is 25.7 Å². The summed E-state index contributed by atoms with van der Waals surface area (Å²) in [4.78, 5) is 25.7. The van der Waals surface area contributed by atoms with Gasteiger partial charge in [-0.2, -0.15) is 0 Å². The van der Waals surface area contributed by atoms with E-state index in [-0.39, 0.29) is 17.6 Å². The molecule has 2 fully saturated rings. The Morgan fingerprint density at radius 2 is 1.92 bits per heavy atom.